The fourth-order valence-corrected chi connectivity index (χ4v) is 7.20. The van der Waals surface area contributed by atoms with Crippen LogP contribution in [0.15, 0.2) is 10.9 Å². The Labute approximate surface area is 200 Å². The Morgan fingerprint density at radius 1 is 0.939 bits per heavy atom. The van der Waals surface area contributed by atoms with Crippen molar-refractivity contribution in [2.75, 3.05) is 0 Å². The molecular formula is C24H28N4O3S2. The normalized spacial score (nSPS) is 15.9. The Morgan fingerprint density at radius 2 is 1.70 bits per heavy atom. The Morgan fingerprint density at radius 3 is 2.58 bits per heavy atom. The molecule has 3 aromatic rings. The number of amides is 2. The van der Waals surface area contributed by atoms with Crippen molar-refractivity contribution in [3.63, 3.8) is 0 Å². The maximum absolute atomic E-state index is 12.6. The number of carbonyl (C=O) groups is 2. The molecule has 0 spiro atoms. The summed E-state index contributed by atoms with van der Waals surface area (Å²) in [7, 11) is 0. The Balaban J connectivity index is 1.17. The maximum atomic E-state index is 12.6. The van der Waals surface area contributed by atoms with Crippen LogP contribution in [0, 0.1) is 0 Å². The van der Waals surface area contributed by atoms with Crippen molar-refractivity contribution in [1.29, 1.82) is 0 Å². The summed E-state index contributed by atoms with van der Waals surface area (Å²) in [4.78, 5) is 48.9. The fourth-order valence-electron chi connectivity index (χ4n) is 4.77. The highest BCUT2D eigenvalue weighted by Crippen LogP contribution is 2.33. The third-order valence-electron chi connectivity index (χ3n) is 6.50. The molecule has 0 aliphatic heterocycles. The van der Waals surface area contributed by atoms with Gasteiger partial charge in [0.25, 0.3) is 11.5 Å². The molecule has 2 aliphatic carbocycles. The zero-order chi connectivity index (χ0) is 22.8. The summed E-state index contributed by atoms with van der Waals surface area (Å²) in [5.41, 5.74) is 7.35. The lowest BCUT2D eigenvalue weighted by Gasteiger charge is -2.09. The number of hydrazine groups is 1. The number of aryl methyl sites for hydroxylation is 5. The third kappa shape index (κ3) is 4.89. The van der Waals surface area contributed by atoms with Gasteiger partial charge in [0.05, 0.1) is 10.3 Å². The molecule has 0 unspecified atom stereocenters. The molecular weight excluding hydrogens is 456 g/mol. The van der Waals surface area contributed by atoms with Crippen LogP contribution in [0.5, 0.6) is 0 Å². The zero-order valence-electron chi connectivity index (χ0n) is 18.6. The van der Waals surface area contributed by atoms with E-state index in [0.717, 1.165) is 60.7 Å². The summed E-state index contributed by atoms with van der Waals surface area (Å²) >= 11 is 3.13. The van der Waals surface area contributed by atoms with Crippen molar-refractivity contribution in [1.82, 2.24) is 20.8 Å². The molecule has 0 fully saturated rings. The highest BCUT2D eigenvalue weighted by atomic mass is 32.1. The predicted molar refractivity (Wildman–Crippen MR) is 131 cm³/mol. The highest BCUT2D eigenvalue weighted by molar-refractivity contribution is 7.18. The van der Waals surface area contributed by atoms with Crippen LogP contribution in [0.4, 0.5) is 0 Å². The molecule has 5 rings (SSSR count). The molecule has 174 valence electrons. The van der Waals surface area contributed by atoms with Crippen LogP contribution >= 0.6 is 22.7 Å². The summed E-state index contributed by atoms with van der Waals surface area (Å²) in [5.74, 6) is -0.0886. The quantitative estimate of drug-likeness (QED) is 0.487. The van der Waals surface area contributed by atoms with Crippen molar-refractivity contribution in [2.45, 2.75) is 77.0 Å². The molecule has 0 saturated heterocycles. The molecule has 0 saturated carbocycles. The van der Waals surface area contributed by atoms with Gasteiger partial charge in [-0.25, -0.2) is 4.98 Å². The van der Waals surface area contributed by atoms with E-state index >= 15 is 0 Å². The second-order valence-electron chi connectivity index (χ2n) is 8.88. The van der Waals surface area contributed by atoms with Gasteiger partial charge in [-0.3, -0.25) is 25.2 Å². The van der Waals surface area contributed by atoms with Crippen molar-refractivity contribution in [3.05, 3.63) is 48.0 Å². The maximum Gasteiger partial charge on any atom is 0.279 e. The van der Waals surface area contributed by atoms with E-state index in [1.54, 1.807) is 11.3 Å². The molecule has 0 aromatic carbocycles. The molecule has 3 aromatic heterocycles. The van der Waals surface area contributed by atoms with Gasteiger partial charge >= 0.3 is 0 Å². The van der Waals surface area contributed by atoms with Gasteiger partial charge in [-0.2, -0.15) is 0 Å². The van der Waals surface area contributed by atoms with Crippen molar-refractivity contribution >= 4 is 44.7 Å². The molecule has 33 heavy (non-hydrogen) atoms. The lowest BCUT2D eigenvalue weighted by molar-refractivity contribution is -0.121. The average Bonchev–Trinajstić information content (AvgIpc) is 3.37. The molecule has 9 heteroatoms. The first-order chi connectivity index (χ1) is 16.1. The van der Waals surface area contributed by atoms with Crippen LogP contribution in [0.2, 0.25) is 0 Å². The lowest BCUT2D eigenvalue weighted by atomic mass is 9.97. The highest BCUT2D eigenvalue weighted by Gasteiger charge is 2.20. The second-order valence-corrected chi connectivity index (χ2v) is 11.1. The summed E-state index contributed by atoms with van der Waals surface area (Å²) in [6, 6.07) is 1.97. The van der Waals surface area contributed by atoms with E-state index in [1.165, 1.54) is 45.9 Å². The topological polar surface area (TPSA) is 104 Å². The summed E-state index contributed by atoms with van der Waals surface area (Å²) < 4.78 is 0. The van der Waals surface area contributed by atoms with E-state index < -0.39 is 0 Å². The fraction of sp³-hybridized carbons (Fsp3) is 0.500. The monoisotopic (exact) mass is 484 g/mol. The van der Waals surface area contributed by atoms with Gasteiger partial charge in [-0.15, -0.1) is 22.7 Å². The Bertz CT molecular complexity index is 1230. The van der Waals surface area contributed by atoms with Gasteiger partial charge in [-0.1, -0.05) is 12.8 Å². The van der Waals surface area contributed by atoms with Crippen LogP contribution in [-0.2, 0) is 36.9 Å². The van der Waals surface area contributed by atoms with Crippen molar-refractivity contribution in [3.8, 4) is 0 Å². The lowest BCUT2D eigenvalue weighted by Crippen LogP contribution is -2.41. The number of nitrogens with one attached hydrogen (secondary N) is 3. The minimum absolute atomic E-state index is 0.114. The van der Waals surface area contributed by atoms with E-state index in [4.69, 9.17) is 0 Å². The van der Waals surface area contributed by atoms with Gasteiger partial charge in [0.2, 0.25) is 5.91 Å². The number of aromatic amines is 1. The second kappa shape index (κ2) is 9.77. The van der Waals surface area contributed by atoms with Crippen molar-refractivity contribution < 1.29 is 9.59 Å². The summed E-state index contributed by atoms with van der Waals surface area (Å²) in [6.07, 6.45) is 11.5. The Kier molecular flexibility index (Phi) is 6.59. The van der Waals surface area contributed by atoms with Gasteiger partial charge in [0.1, 0.15) is 10.7 Å². The SMILES string of the molecule is O=C(CCc1nc2sc3c(c2c(=O)[nH]1)CCCC3)NNC(=O)c1cc2c(s1)CCCCCC2. The van der Waals surface area contributed by atoms with E-state index in [-0.39, 0.29) is 23.8 Å². The van der Waals surface area contributed by atoms with Crippen molar-refractivity contribution in [2.24, 2.45) is 0 Å². The number of hydrogen-bond donors (Lipinski definition) is 3. The predicted octanol–water partition coefficient (Wildman–Crippen LogP) is 3.98. The van der Waals surface area contributed by atoms with Gasteiger partial charge in [-0.05, 0) is 68.6 Å². The smallest absolute Gasteiger partial charge is 0.279 e. The number of rotatable bonds is 4. The average molecular weight is 485 g/mol. The largest absolute Gasteiger partial charge is 0.310 e. The molecule has 0 atom stereocenters. The molecule has 0 bridgehead atoms. The van der Waals surface area contributed by atoms with Crippen LogP contribution < -0.4 is 16.4 Å². The Hall–Kier alpha value is -2.52. The van der Waals surface area contributed by atoms with Crippen LogP contribution in [0.3, 0.4) is 0 Å². The molecule has 3 heterocycles. The molecule has 3 N–H and O–H groups in total. The number of nitrogens with zero attached hydrogens (tertiary/aromatic N) is 1. The third-order valence-corrected chi connectivity index (χ3v) is 8.92. The molecule has 2 amide bonds. The first kappa shape index (κ1) is 22.3. The standard InChI is InChI=1S/C24H28N4O3S2/c29-20(27-28-22(30)18-13-14-7-3-1-2-4-9-16(14)32-18)12-11-19-25-23(31)21-15-8-5-6-10-17(15)33-24(21)26-19/h13H,1-12H2,(H,27,29)(H,28,30)(H,25,26,31). The molecule has 2 aliphatic rings. The zero-order valence-corrected chi connectivity index (χ0v) is 20.2. The summed E-state index contributed by atoms with van der Waals surface area (Å²) in [5, 5.41) is 0.722. The van der Waals surface area contributed by atoms with Gasteiger partial charge in [0, 0.05) is 22.6 Å². The first-order valence-electron chi connectivity index (χ1n) is 11.8. The van der Waals surface area contributed by atoms with E-state index in [1.807, 2.05) is 6.07 Å². The molecule has 7 nitrogen and oxygen atoms in total. The number of thiophene rings is 2. The van der Waals surface area contributed by atoms with Crippen LogP contribution in [0.1, 0.15) is 81.3 Å². The van der Waals surface area contributed by atoms with Crippen LogP contribution in [0.25, 0.3) is 10.2 Å². The number of H-pyrrole nitrogens is 1. The van der Waals surface area contributed by atoms with Gasteiger partial charge in [0.15, 0.2) is 0 Å². The number of carbonyl (C=O) groups excluding carboxylic acids is 2. The number of hydrogen-bond acceptors (Lipinski definition) is 6. The molecule has 0 radical (unpaired) electrons. The minimum Gasteiger partial charge on any atom is -0.310 e. The van der Waals surface area contributed by atoms with Crippen LogP contribution in [-0.4, -0.2) is 21.8 Å². The first-order valence-corrected chi connectivity index (χ1v) is 13.5. The summed E-state index contributed by atoms with van der Waals surface area (Å²) in [6.45, 7) is 0. The van der Waals surface area contributed by atoms with E-state index in [2.05, 4.69) is 20.8 Å². The van der Waals surface area contributed by atoms with Gasteiger partial charge < -0.3 is 4.98 Å². The van der Waals surface area contributed by atoms with E-state index in [9.17, 15) is 14.4 Å². The van der Waals surface area contributed by atoms with E-state index in [0.29, 0.717) is 17.1 Å². The number of fused-ring (bicyclic) bond motifs is 4. The minimum atomic E-state index is -0.313. The number of aromatic nitrogens is 2.